The summed E-state index contributed by atoms with van der Waals surface area (Å²) in [4.78, 5) is 24.8. The Labute approximate surface area is 241 Å². The maximum atomic E-state index is 12.6. The van der Waals surface area contributed by atoms with E-state index in [1.807, 2.05) is 27.7 Å². The van der Waals surface area contributed by atoms with Crippen LogP contribution in [0.15, 0.2) is 23.3 Å². The van der Waals surface area contributed by atoms with E-state index in [-0.39, 0.29) is 0 Å². The second-order valence-electron chi connectivity index (χ2n) is 13.2. The zero-order chi connectivity index (χ0) is 30.6. The summed E-state index contributed by atoms with van der Waals surface area (Å²) in [5, 5.41) is 52.3. The third-order valence-electron chi connectivity index (χ3n) is 9.88. The van der Waals surface area contributed by atoms with Crippen LogP contribution < -0.4 is 0 Å². The van der Waals surface area contributed by atoms with Crippen LogP contribution in [0.5, 0.6) is 0 Å². The van der Waals surface area contributed by atoms with E-state index in [4.69, 9.17) is 18.9 Å². The molecule has 2 saturated carbocycles. The third-order valence-corrected chi connectivity index (χ3v) is 9.88. The minimum Gasteiger partial charge on any atom is -0.462 e. The smallest absolute Gasteiger partial charge is 0.302 e. The summed E-state index contributed by atoms with van der Waals surface area (Å²) in [6, 6.07) is 0. The highest BCUT2D eigenvalue weighted by Crippen LogP contribution is 2.60. The van der Waals surface area contributed by atoms with Crippen LogP contribution >= 0.6 is 0 Å². The van der Waals surface area contributed by atoms with Crippen LogP contribution in [0.2, 0.25) is 0 Å². The minimum absolute atomic E-state index is 0.341. The molecule has 1 saturated heterocycles. The van der Waals surface area contributed by atoms with Crippen LogP contribution in [0, 0.1) is 22.7 Å². The van der Waals surface area contributed by atoms with Crippen LogP contribution in [-0.2, 0) is 28.5 Å². The molecule has 0 amide bonds. The Kier molecular flexibility index (Phi) is 9.13. The molecule has 0 aromatic carbocycles. The lowest BCUT2D eigenvalue weighted by atomic mass is 9.50. The van der Waals surface area contributed by atoms with Crippen LogP contribution in [-0.4, -0.2) is 99.2 Å². The quantitative estimate of drug-likeness (QED) is 0.232. The van der Waals surface area contributed by atoms with Gasteiger partial charge >= 0.3 is 11.9 Å². The summed E-state index contributed by atoms with van der Waals surface area (Å²) in [6.07, 6.45) is -8.42. The molecule has 0 aromatic heterocycles. The summed E-state index contributed by atoms with van der Waals surface area (Å²) in [7, 11) is 0. The van der Waals surface area contributed by atoms with Crippen LogP contribution in [0.1, 0.15) is 67.2 Å². The zero-order valence-corrected chi connectivity index (χ0v) is 24.8. The summed E-state index contributed by atoms with van der Waals surface area (Å²) in [5.74, 6) is -2.02. The van der Waals surface area contributed by atoms with E-state index in [9.17, 15) is 35.1 Å². The molecule has 3 aliphatic carbocycles. The van der Waals surface area contributed by atoms with E-state index in [1.54, 1.807) is 0 Å². The van der Waals surface area contributed by atoms with E-state index in [2.05, 4.69) is 6.58 Å². The molecule has 232 valence electrons. The molecule has 3 fully saturated rings. The van der Waals surface area contributed by atoms with Crippen molar-refractivity contribution in [2.24, 2.45) is 22.7 Å². The van der Waals surface area contributed by atoms with Crippen molar-refractivity contribution in [1.29, 1.82) is 0 Å². The number of hydrogen-bond acceptors (Lipinski definition) is 11. The highest BCUT2D eigenvalue weighted by Gasteiger charge is 2.61. The molecule has 0 unspecified atom stereocenters. The van der Waals surface area contributed by atoms with E-state index < -0.39 is 96.3 Å². The monoisotopic (exact) mass is 582 g/mol. The van der Waals surface area contributed by atoms with Gasteiger partial charge in [-0.05, 0) is 48.2 Å². The van der Waals surface area contributed by atoms with Crippen LogP contribution in [0.3, 0.4) is 0 Å². The average molecular weight is 583 g/mol. The summed E-state index contributed by atoms with van der Waals surface area (Å²) < 4.78 is 24.2. The second-order valence-corrected chi connectivity index (χ2v) is 13.2. The first-order valence-corrected chi connectivity index (χ1v) is 14.4. The van der Waals surface area contributed by atoms with Crippen LogP contribution in [0.4, 0.5) is 0 Å². The maximum absolute atomic E-state index is 12.6. The molecule has 11 heteroatoms. The van der Waals surface area contributed by atoms with Crippen LogP contribution in [0.25, 0.3) is 0 Å². The van der Waals surface area contributed by atoms with Gasteiger partial charge in [-0.25, -0.2) is 0 Å². The van der Waals surface area contributed by atoms with E-state index in [1.165, 1.54) is 13.8 Å². The van der Waals surface area contributed by atoms with E-state index in [0.717, 1.165) is 11.1 Å². The zero-order valence-electron chi connectivity index (χ0n) is 24.8. The van der Waals surface area contributed by atoms with E-state index >= 15 is 0 Å². The predicted molar refractivity (Wildman–Crippen MR) is 145 cm³/mol. The average Bonchev–Trinajstić information content (AvgIpc) is 2.84. The number of ether oxygens (including phenoxy) is 4. The molecule has 4 rings (SSSR count). The molecule has 11 nitrogen and oxygen atoms in total. The number of aliphatic hydroxyl groups is 5. The highest BCUT2D eigenvalue weighted by atomic mass is 16.7. The lowest BCUT2D eigenvalue weighted by Crippen LogP contribution is -2.62. The van der Waals surface area contributed by atoms with Crippen molar-refractivity contribution in [3.8, 4) is 0 Å². The first kappa shape index (κ1) is 32.1. The first-order valence-electron chi connectivity index (χ1n) is 14.4. The Bertz CT molecular complexity index is 1070. The number of hydrogen-bond donors (Lipinski definition) is 5. The Morgan fingerprint density at radius 3 is 2.24 bits per heavy atom. The molecule has 0 spiro atoms. The van der Waals surface area contributed by atoms with Gasteiger partial charge in [-0.1, -0.05) is 32.9 Å². The largest absolute Gasteiger partial charge is 0.462 e. The number of fused-ring (bicyclic) bond motifs is 3. The second kappa shape index (κ2) is 11.7. The fourth-order valence-corrected chi connectivity index (χ4v) is 8.20. The van der Waals surface area contributed by atoms with Crippen molar-refractivity contribution >= 4 is 11.9 Å². The van der Waals surface area contributed by atoms with Gasteiger partial charge in [-0.2, -0.15) is 0 Å². The normalized spacial score (nSPS) is 44.4. The van der Waals surface area contributed by atoms with Crippen molar-refractivity contribution in [2.45, 2.75) is 122 Å². The molecule has 41 heavy (non-hydrogen) atoms. The van der Waals surface area contributed by atoms with Crippen molar-refractivity contribution in [3.05, 3.63) is 23.3 Å². The Balaban J connectivity index is 1.88. The highest BCUT2D eigenvalue weighted by molar-refractivity contribution is 5.67. The SMILES string of the molecule is C=C1[C@@H](O)CC[C@@]2(C)C[C@H](O[C@@H]3O[C@H](CO)[C@@H](O)[C@H](O)[C@H]3O)C3=C(C)C[C@H](OC(C)=O)[C@@H]([C@@H](OC(C)=O)[C@H]12)C3(C)C. The number of aliphatic hydroxyl groups excluding tert-OH is 5. The number of esters is 2. The van der Waals surface area contributed by atoms with Gasteiger partial charge in [0.05, 0.1) is 18.8 Å². The lowest BCUT2D eigenvalue weighted by Gasteiger charge is -2.59. The van der Waals surface area contributed by atoms with Gasteiger partial charge in [0.25, 0.3) is 0 Å². The molecule has 5 N–H and O–H groups in total. The molecule has 12 atom stereocenters. The number of carbonyl (C=O) groups is 2. The van der Waals surface area contributed by atoms with Crippen molar-refractivity contribution in [2.75, 3.05) is 6.61 Å². The third kappa shape index (κ3) is 5.74. The van der Waals surface area contributed by atoms with Gasteiger partial charge < -0.3 is 44.5 Å². The van der Waals surface area contributed by atoms with Gasteiger partial charge in [0, 0.05) is 32.1 Å². The molecule has 1 aliphatic heterocycles. The van der Waals surface area contributed by atoms with Crippen molar-refractivity contribution in [1.82, 2.24) is 0 Å². The van der Waals surface area contributed by atoms with Crippen molar-refractivity contribution < 1.29 is 54.1 Å². The molecule has 0 radical (unpaired) electrons. The minimum atomic E-state index is -1.60. The van der Waals surface area contributed by atoms with Gasteiger partial charge in [0.15, 0.2) is 6.29 Å². The van der Waals surface area contributed by atoms with Gasteiger partial charge in [-0.3, -0.25) is 9.59 Å². The topological polar surface area (TPSA) is 172 Å². The molecule has 2 bridgehead atoms. The fraction of sp³-hybridized carbons (Fsp3) is 0.800. The summed E-state index contributed by atoms with van der Waals surface area (Å²) >= 11 is 0. The summed E-state index contributed by atoms with van der Waals surface area (Å²) in [6.45, 7) is 14.2. The van der Waals surface area contributed by atoms with Crippen molar-refractivity contribution in [3.63, 3.8) is 0 Å². The van der Waals surface area contributed by atoms with Gasteiger partial charge in [0.1, 0.15) is 36.6 Å². The standard InChI is InChI=1S/C30H46O11/c1-13-10-18(38-15(3)32)23-27(39-16(4)33)22-14(2)17(34)8-9-30(22,7)11-19(21(13)29(23,5)6)40-28-26(37)25(36)24(35)20(12-31)41-28/h17-20,22-28,31,34-37H,2,8-12H2,1,3-7H3/t17-,18-,19-,20+,22-,23-,24+,25-,26+,27-,28+,30-/m0/s1. The van der Waals surface area contributed by atoms with E-state index in [0.29, 0.717) is 31.3 Å². The Morgan fingerprint density at radius 2 is 1.66 bits per heavy atom. The Morgan fingerprint density at radius 1 is 1.02 bits per heavy atom. The van der Waals surface area contributed by atoms with Gasteiger partial charge in [0.2, 0.25) is 0 Å². The van der Waals surface area contributed by atoms with Gasteiger partial charge in [-0.15, -0.1) is 0 Å². The fourth-order valence-electron chi connectivity index (χ4n) is 8.20. The number of carbonyl (C=O) groups excluding carboxylic acids is 2. The summed E-state index contributed by atoms with van der Waals surface area (Å²) in [5.41, 5.74) is 0.907. The number of rotatable bonds is 5. The molecule has 0 aromatic rings. The predicted octanol–water partition coefficient (Wildman–Crippen LogP) is 1.13. The maximum Gasteiger partial charge on any atom is 0.302 e. The molecular formula is C30H46O11. The Hall–Kier alpha value is -1.86. The first-order chi connectivity index (χ1) is 19.0. The molecule has 4 aliphatic rings. The molecular weight excluding hydrogens is 536 g/mol. The molecule has 1 heterocycles. The lowest BCUT2D eigenvalue weighted by molar-refractivity contribution is -0.312.